The van der Waals surface area contributed by atoms with Crippen LogP contribution in [0.4, 0.5) is 0 Å². The van der Waals surface area contributed by atoms with Crippen molar-refractivity contribution in [2.24, 2.45) is 0 Å². The molecule has 9 heteroatoms. The van der Waals surface area contributed by atoms with E-state index in [1.807, 2.05) is 0 Å². The highest BCUT2D eigenvalue weighted by molar-refractivity contribution is 9.11. The van der Waals surface area contributed by atoms with Gasteiger partial charge in [-0.15, -0.1) is 11.3 Å². The van der Waals surface area contributed by atoms with Gasteiger partial charge in [0.15, 0.2) is 9.84 Å². The highest BCUT2D eigenvalue weighted by Crippen LogP contribution is 2.25. The zero-order valence-corrected chi connectivity index (χ0v) is 15.0. The maximum atomic E-state index is 12.0. The Morgan fingerprint density at radius 1 is 1.23 bits per heavy atom. The van der Waals surface area contributed by atoms with E-state index < -0.39 is 21.7 Å². The number of thiophene rings is 1. The van der Waals surface area contributed by atoms with Gasteiger partial charge in [-0.3, -0.25) is 20.4 Å². The number of carbonyl (C=O) groups is 2. The summed E-state index contributed by atoms with van der Waals surface area (Å²) >= 11 is 4.48. The third-order valence-corrected chi connectivity index (χ3v) is 7.42. The van der Waals surface area contributed by atoms with Crippen LogP contribution in [0.1, 0.15) is 41.8 Å². The highest BCUT2D eigenvalue weighted by Gasteiger charge is 2.28. The summed E-state index contributed by atoms with van der Waals surface area (Å²) in [4.78, 5) is 23.8. The fraction of sp³-hybridized carbons (Fsp3) is 0.538. The van der Waals surface area contributed by atoms with Crippen molar-refractivity contribution in [1.29, 1.82) is 0 Å². The molecule has 0 aliphatic heterocycles. The number of nitrogens with one attached hydrogen (secondary N) is 2. The molecule has 0 bridgehead atoms. The Bertz CT molecular complexity index is 651. The molecule has 22 heavy (non-hydrogen) atoms. The molecule has 2 rings (SSSR count). The summed E-state index contributed by atoms with van der Waals surface area (Å²) in [6.07, 6.45) is 3.10. The van der Waals surface area contributed by atoms with E-state index in [0.29, 0.717) is 17.7 Å². The molecule has 1 aromatic rings. The first-order valence-corrected chi connectivity index (χ1v) is 10.3. The SMILES string of the molecule is O=C(CCS(=O)(=O)C1CCCC1)NNC(=O)c1ccc(Br)s1. The molecule has 0 atom stereocenters. The van der Waals surface area contributed by atoms with E-state index in [0.717, 1.165) is 16.6 Å². The van der Waals surface area contributed by atoms with Gasteiger partial charge in [-0.2, -0.15) is 0 Å². The minimum atomic E-state index is -3.22. The van der Waals surface area contributed by atoms with Crippen molar-refractivity contribution in [3.8, 4) is 0 Å². The molecule has 2 amide bonds. The maximum absolute atomic E-state index is 12.0. The van der Waals surface area contributed by atoms with Gasteiger partial charge in [-0.05, 0) is 40.9 Å². The van der Waals surface area contributed by atoms with Crippen molar-refractivity contribution in [2.75, 3.05) is 5.75 Å². The van der Waals surface area contributed by atoms with E-state index >= 15 is 0 Å². The Kier molecular flexibility index (Phi) is 5.99. The number of amides is 2. The predicted molar refractivity (Wildman–Crippen MR) is 88.3 cm³/mol. The molecule has 0 saturated heterocycles. The summed E-state index contributed by atoms with van der Waals surface area (Å²) in [5.74, 6) is -1.11. The molecule has 1 saturated carbocycles. The van der Waals surface area contributed by atoms with Gasteiger partial charge in [0.25, 0.3) is 5.91 Å². The lowest BCUT2D eigenvalue weighted by Gasteiger charge is -2.11. The average molecular weight is 409 g/mol. The average Bonchev–Trinajstić information content (AvgIpc) is 3.14. The molecule has 0 radical (unpaired) electrons. The van der Waals surface area contributed by atoms with Crippen LogP contribution in [0.5, 0.6) is 0 Å². The second-order valence-electron chi connectivity index (χ2n) is 5.13. The molecule has 1 heterocycles. The van der Waals surface area contributed by atoms with Crippen molar-refractivity contribution in [3.05, 3.63) is 20.8 Å². The number of carbonyl (C=O) groups excluding carboxylic acids is 2. The maximum Gasteiger partial charge on any atom is 0.279 e. The van der Waals surface area contributed by atoms with E-state index in [1.54, 1.807) is 12.1 Å². The molecule has 1 aromatic heterocycles. The fourth-order valence-electron chi connectivity index (χ4n) is 2.34. The number of hydrogen-bond acceptors (Lipinski definition) is 5. The number of hydrogen-bond donors (Lipinski definition) is 2. The number of hydrazine groups is 1. The van der Waals surface area contributed by atoms with E-state index in [-0.39, 0.29) is 17.4 Å². The molecule has 0 spiro atoms. The summed E-state index contributed by atoms with van der Waals surface area (Å²) in [7, 11) is -3.22. The summed E-state index contributed by atoms with van der Waals surface area (Å²) in [5, 5.41) is -0.307. The second kappa shape index (κ2) is 7.56. The Morgan fingerprint density at radius 3 is 2.50 bits per heavy atom. The first-order valence-electron chi connectivity index (χ1n) is 6.94. The lowest BCUT2D eigenvalue weighted by Crippen LogP contribution is -2.42. The Labute approximate surface area is 141 Å². The second-order valence-corrected chi connectivity index (χ2v) is 9.99. The highest BCUT2D eigenvalue weighted by atomic mass is 79.9. The van der Waals surface area contributed by atoms with Crippen LogP contribution in [0.3, 0.4) is 0 Å². The Morgan fingerprint density at radius 2 is 1.91 bits per heavy atom. The smallest absolute Gasteiger partial charge is 0.273 e. The fourth-order valence-corrected chi connectivity index (χ4v) is 5.47. The zero-order valence-electron chi connectivity index (χ0n) is 11.8. The lowest BCUT2D eigenvalue weighted by molar-refractivity contribution is -0.121. The minimum Gasteiger partial charge on any atom is -0.273 e. The molecule has 0 unspecified atom stereocenters. The van der Waals surface area contributed by atoms with Crippen molar-refractivity contribution >= 4 is 48.9 Å². The molecular formula is C13H17BrN2O4S2. The zero-order chi connectivity index (χ0) is 16.2. The quantitative estimate of drug-likeness (QED) is 0.728. The van der Waals surface area contributed by atoms with Crippen LogP contribution < -0.4 is 10.9 Å². The third kappa shape index (κ3) is 4.79. The van der Waals surface area contributed by atoms with Gasteiger partial charge in [0.2, 0.25) is 5.91 Å². The van der Waals surface area contributed by atoms with Gasteiger partial charge >= 0.3 is 0 Å². The minimum absolute atomic E-state index is 0.146. The molecule has 1 aliphatic carbocycles. The van der Waals surface area contributed by atoms with E-state index in [4.69, 9.17) is 0 Å². The van der Waals surface area contributed by atoms with E-state index in [9.17, 15) is 18.0 Å². The van der Waals surface area contributed by atoms with Crippen LogP contribution >= 0.6 is 27.3 Å². The van der Waals surface area contributed by atoms with Crippen LogP contribution in [0.2, 0.25) is 0 Å². The van der Waals surface area contributed by atoms with Gasteiger partial charge < -0.3 is 0 Å². The molecule has 1 fully saturated rings. The lowest BCUT2D eigenvalue weighted by atomic mass is 10.4. The molecule has 122 valence electrons. The van der Waals surface area contributed by atoms with Gasteiger partial charge in [0.05, 0.1) is 19.7 Å². The Hall–Kier alpha value is -0.930. The molecular weight excluding hydrogens is 392 g/mol. The molecule has 0 aromatic carbocycles. The summed E-state index contributed by atoms with van der Waals surface area (Å²) in [6, 6.07) is 3.36. The van der Waals surface area contributed by atoms with Crippen molar-refractivity contribution in [3.63, 3.8) is 0 Å². The van der Waals surface area contributed by atoms with Crippen LogP contribution in [0, 0.1) is 0 Å². The number of halogens is 1. The predicted octanol–water partition coefficient (Wildman–Crippen LogP) is 2.02. The molecule has 1 aliphatic rings. The van der Waals surface area contributed by atoms with E-state index in [2.05, 4.69) is 26.8 Å². The van der Waals surface area contributed by atoms with Gasteiger partial charge in [-0.25, -0.2) is 8.42 Å². The van der Waals surface area contributed by atoms with Crippen molar-refractivity contribution in [2.45, 2.75) is 37.4 Å². The standard InChI is InChI=1S/C13H17BrN2O4S2/c14-11-6-5-10(21-11)13(18)16-15-12(17)7-8-22(19,20)9-3-1-2-4-9/h5-6,9H,1-4,7-8H2,(H,15,17)(H,16,18). The van der Waals surface area contributed by atoms with Crippen molar-refractivity contribution in [1.82, 2.24) is 10.9 Å². The molecule has 2 N–H and O–H groups in total. The monoisotopic (exact) mass is 408 g/mol. The first-order chi connectivity index (χ1) is 10.4. The summed E-state index contributed by atoms with van der Waals surface area (Å²) in [6.45, 7) is 0. The number of rotatable bonds is 5. The summed E-state index contributed by atoms with van der Waals surface area (Å²) < 4.78 is 24.9. The van der Waals surface area contributed by atoms with Gasteiger partial charge in [0, 0.05) is 6.42 Å². The third-order valence-electron chi connectivity index (χ3n) is 3.54. The normalized spacial score (nSPS) is 15.7. The van der Waals surface area contributed by atoms with Gasteiger partial charge in [-0.1, -0.05) is 12.8 Å². The van der Waals surface area contributed by atoms with Gasteiger partial charge in [0.1, 0.15) is 0 Å². The van der Waals surface area contributed by atoms with Crippen LogP contribution in [0.25, 0.3) is 0 Å². The largest absolute Gasteiger partial charge is 0.279 e. The van der Waals surface area contributed by atoms with E-state index in [1.165, 1.54) is 11.3 Å². The topological polar surface area (TPSA) is 92.3 Å². The first kappa shape index (κ1) is 17.4. The van der Waals surface area contributed by atoms with Crippen LogP contribution in [0.15, 0.2) is 15.9 Å². The van der Waals surface area contributed by atoms with Crippen LogP contribution in [-0.4, -0.2) is 31.2 Å². The van der Waals surface area contributed by atoms with Crippen LogP contribution in [-0.2, 0) is 14.6 Å². The summed E-state index contributed by atoms with van der Waals surface area (Å²) in [5.41, 5.74) is 4.52. The molecule has 6 nitrogen and oxygen atoms in total. The Balaban J connectivity index is 1.75. The van der Waals surface area contributed by atoms with Crippen molar-refractivity contribution < 1.29 is 18.0 Å². The number of sulfone groups is 1.